The SMILES string of the molecule is Cc1cccc(-n2cc(C(=O)OCC(=O)c3cc(C)n(-c4ccc(C)c(F)c4)c3C)nn2)c1. The Kier molecular flexibility index (Phi) is 5.91. The monoisotopic (exact) mass is 446 g/mol. The number of hydrogen-bond donors (Lipinski definition) is 0. The molecule has 0 radical (unpaired) electrons. The fraction of sp³-hybridized carbons (Fsp3) is 0.200. The number of benzene rings is 2. The van der Waals surface area contributed by atoms with Gasteiger partial charge in [0.05, 0.1) is 11.9 Å². The molecular formula is C25H23FN4O3. The molecule has 0 aliphatic carbocycles. The summed E-state index contributed by atoms with van der Waals surface area (Å²) in [6.45, 7) is 6.80. The lowest BCUT2D eigenvalue weighted by atomic mass is 10.1. The van der Waals surface area contributed by atoms with Crippen LogP contribution in [0.2, 0.25) is 0 Å². The Morgan fingerprint density at radius 1 is 1.00 bits per heavy atom. The van der Waals surface area contributed by atoms with Gasteiger partial charge in [0.15, 0.2) is 12.3 Å². The van der Waals surface area contributed by atoms with E-state index in [9.17, 15) is 14.0 Å². The van der Waals surface area contributed by atoms with Crippen molar-refractivity contribution in [2.24, 2.45) is 0 Å². The molecule has 0 spiro atoms. The van der Waals surface area contributed by atoms with Crippen molar-refractivity contribution >= 4 is 11.8 Å². The molecule has 0 amide bonds. The van der Waals surface area contributed by atoms with Crippen LogP contribution in [0.3, 0.4) is 0 Å². The number of aromatic nitrogens is 4. The number of carbonyl (C=O) groups is 2. The van der Waals surface area contributed by atoms with Crippen molar-refractivity contribution < 1.29 is 18.7 Å². The molecule has 7 nitrogen and oxygen atoms in total. The van der Waals surface area contributed by atoms with Gasteiger partial charge in [-0.15, -0.1) is 5.10 Å². The standard InChI is InChI=1S/C25H23FN4O3/c1-15-6-5-7-19(10-15)29-13-23(27-28-29)25(32)33-14-24(31)21-11-17(3)30(18(21)4)20-9-8-16(2)22(26)12-20/h5-13H,14H2,1-4H3. The number of hydrogen-bond acceptors (Lipinski definition) is 5. The summed E-state index contributed by atoms with van der Waals surface area (Å²) >= 11 is 0. The van der Waals surface area contributed by atoms with E-state index >= 15 is 0 Å². The third-order valence-corrected chi connectivity index (χ3v) is 5.45. The number of ether oxygens (including phenoxy) is 1. The number of aryl methyl sites for hydroxylation is 3. The van der Waals surface area contributed by atoms with Crippen LogP contribution in [0, 0.1) is 33.5 Å². The van der Waals surface area contributed by atoms with E-state index in [4.69, 9.17) is 4.74 Å². The maximum Gasteiger partial charge on any atom is 0.361 e. The van der Waals surface area contributed by atoms with Crippen molar-refractivity contribution in [3.05, 3.63) is 94.3 Å². The van der Waals surface area contributed by atoms with Gasteiger partial charge in [0.25, 0.3) is 0 Å². The summed E-state index contributed by atoms with van der Waals surface area (Å²) in [5, 5.41) is 7.81. The van der Waals surface area contributed by atoms with Crippen LogP contribution in [0.5, 0.6) is 0 Å². The van der Waals surface area contributed by atoms with E-state index in [0.717, 1.165) is 16.9 Å². The second-order valence-electron chi connectivity index (χ2n) is 7.94. The minimum Gasteiger partial charge on any atom is -0.452 e. The molecule has 0 aliphatic heterocycles. The van der Waals surface area contributed by atoms with Gasteiger partial charge in [0, 0.05) is 22.6 Å². The molecule has 33 heavy (non-hydrogen) atoms. The zero-order valence-electron chi connectivity index (χ0n) is 18.8. The molecule has 0 bridgehead atoms. The topological polar surface area (TPSA) is 79.0 Å². The molecule has 8 heteroatoms. The number of rotatable bonds is 6. The van der Waals surface area contributed by atoms with Gasteiger partial charge in [0.1, 0.15) is 5.82 Å². The lowest BCUT2D eigenvalue weighted by Crippen LogP contribution is -2.15. The molecule has 0 saturated carbocycles. The van der Waals surface area contributed by atoms with Crippen molar-refractivity contribution in [1.82, 2.24) is 19.6 Å². The fourth-order valence-corrected chi connectivity index (χ4v) is 3.70. The summed E-state index contributed by atoms with van der Waals surface area (Å²) in [7, 11) is 0. The maximum atomic E-state index is 14.0. The lowest BCUT2D eigenvalue weighted by Gasteiger charge is -2.11. The van der Waals surface area contributed by atoms with Gasteiger partial charge >= 0.3 is 5.97 Å². The highest BCUT2D eigenvalue weighted by atomic mass is 19.1. The molecule has 0 N–H and O–H groups in total. The predicted octanol–water partition coefficient (Wildman–Crippen LogP) is 4.47. The lowest BCUT2D eigenvalue weighted by molar-refractivity contribution is 0.0468. The van der Waals surface area contributed by atoms with E-state index in [2.05, 4.69) is 10.3 Å². The Morgan fingerprint density at radius 2 is 1.79 bits per heavy atom. The van der Waals surface area contributed by atoms with Crippen LogP contribution in [0.4, 0.5) is 4.39 Å². The summed E-state index contributed by atoms with van der Waals surface area (Å²) in [5.41, 5.74) is 4.80. The molecule has 4 aromatic rings. The van der Waals surface area contributed by atoms with Gasteiger partial charge in [-0.3, -0.25) is 4.79 Å². The molecular weight excluding hydrogens is 423 g/mol. The molecule has 168 valence electrons. The first kappa shape index (κ1) is 22.1. The Hall–Kier alpha value is -4.07. The molecule has 2 aromatic heterocycles. The Labute approximate surface area is 190 Å². The van der Waals surface area contributed by atoms with E-state index in [1.54, 1.807) is 36.6 Å². The summed E-state index contributed by atoms with van der Waals surface area (Å²) < 4.78 is 22.5. The highest BCUT2D eigenvalue weighted by Gasteiger charge is 2.20. The summed E-state index contributed by atoms with van der Waals surface area (Å²) in [5.74, 6) is -1.42. The normalized spacial score (nSPS) is 10.9. The number of halogens is 1. The number of esters is 1. The van der Waals surface area contributed by atoms with Gasteiger partial charge < -0.3 is 9.30 Å². The molecule has 2 heterocycles. The molecule has 0 aliphatic rings. The molecule has 4 rings (SSSR count). The second-order valence-corrected chi connectivity index (χ2v) is 7.94. The maximum absolute atomic E-state index is 14.0. The second kappa shape index (κ2) is 8.82. The van der Waals surface area contributed by atoms with Crippen molar-refractivity contribution in [3.8, 4) is 11.4 Å². The van der Waals surface area contributed by atoms with E-state index in [0.29, 0.717) is 22.5 Å². The first-order valence-corrected chi connectivity index (χ1v) is 10.4. The molecule has 2 aromatic carbocycles. The van der Waals surface area contributed by atoms with Crippen LogP contribution >= 0.6 is 0 Å². The van der Waals surface area contributed by atoms with E-state index in [1.807, 2.05) is 38.1 Å². The predicted molar refractivity (Wildman–Crippen MR) is 121 cm³/mol. The van der Waals surface area contributed by atoms with E-state index in [-0.39, 0.29) is 17.3 Å². The summed E-state index contributed by atoms with van der Waals surface area (Å²) in [6.07, 6.45) is 1.46. The van der Waals surface area contributed by atoms with Gasteiger partial charge in [-0.25, -0.2) is 13.9 Å². The molecule has 0 unspecified atom stereocenters. The minimum absolute atomic E-state index is 0.00455. The minimum atomic E-state index is -0.739. The van der Waals surface area contributed by atoms with Crippen molar-refractivity contribution in [2.45, 2.75) is 27.7 Å². The van der Waals surface area contributed by atoms with Crippen LogP contribution < -0.4 is 0 Å². The zero-order chi connectivity index (χ0) is 23.7. The van der Waals surface area contributed by atoms with Crippen molar-refractivity contribution in [1.29, 1.82) is 0 Å². The molecule has 0 fully saturated rings. The van der Waals surface area contributed by atoms with Crippen molar-refractivity contribution in [3.63, 3.8) is 0 Å². The highest BCUT2D eigenvalue weighted by Crippen LogP contribution is 2.23. The first-order chi connectivity index (χ1) is 15.7. The Morgan fingerprint density at radius 3 is 2.52 bits per heavy atom. The highest BCUT2D eigenvalue weighted by molar-refractivity contribution is 6.00. The van der Waals surface area contributed by atoms with Crippen LogP contribution in [0.1, 0.15) is 43.4 Å². The number of carbonyl (C=O) groups excluding carboxylic acids is 2. The van der Waals surface area contributed by atoms with Crippen molar-refractivity contribution in [2.75, 3.05) is 6.61 Å². The number of Topliss-reactive ketones (excluding diaryl/α,β-unsaturated/α-hetero) is 1. The van der Waals surface area contributed by atoms with Gasteiger partial charge in [-0.2, -0.15) is 0 Å². The van der Waals surface area contributed by atoms with Gasteiger partial charge in [0.2, 0.25) is 5.78 Å². The number of nitrogens with zero attached hydrogens (tertiary/aromatic N) is 4. The first-order valence-electron chi connectivity index (χ1n) is 10.4. The fourth-order valence-electron chi connectivity index (χ4n) is 3.70. The Balaban J connectivity index is 1.47. The third kappa shape index (κ3) is 4.45. The number of ketones is 1. The van der Waals surface area contributed by atoms with Gasteiger partial charge in [-0.1, -0.05) is 23.4 Å². The van der Waals surface area contributed by atoms with E-state index in [1.165, 1.54) is 16.9 Å². The summed E-state index contributed by atoms with van der Waals surface area (Å²) in [6, 6.07) is 14.2. The molecule has 0 atom stereocenters. The van der Waals surface area contributed by atoms with Crippen LogP contribution in [0.15, 0.2) is 54.7 Å². The quantitative estimate of drug-likeness (QED) is 0.323. The van der Waals surface area contributed by atoms with Crippen LogP contribution in [-0.4, -0.2) is 37.9 Å². The molecule has 0 saturated heterocycles. The van der Waals surface area contributed by atoms with Gasteiger partial charge in [-0.05, 0) is 69.2 Å². The zero-order valence-corrected chi connectivity index (χ0v) is 18.8. The smallest absolute Gasteiger partial charge is 0.361 e. The average Bonchev–Trinajstić information content (AvgIpc) is 3.39. The largest absolute Gasteiger partial charge is 0.452 e. The Bertz CT molecular complexity index is 1370. The average molecular weight is 446 g/mol. The summed E-state index contributed by atoms with van der Waals surface area (Å²) in [4.78, 5) is 25.2. The van der Waals surface area contributed by atoms with E-state index < -0.39 is 12.6 Å². The van der Waals surface area contributed by atoms with Crippen LogP contribution in [-0.2, 0) is 4.74 Å². The third-order valence-electron chi connectivity index (χ3n) is 5.45. The van der Waals surface area contributed by atoms with Crippen LogP contribution in [0.25, 0.3) is 11.4 Å².